The lowest BCUT2D eigenvalue weighted by Crippen LogP contribution is -2.50. The zero-order valence-corrected chi connectivity index (χ0v) is 16.0. The summed E-state index contributed by atoms with van der Waals surface area (Å²) in [7, 11) is 0. The van der Waals surface area contributed by atoms with Gasteiger partial charge in [-0.05, 0) is 62.5 Å². The van der Waals surface area contributed by atoms with E-state index in [0.29, 0.717) is 11.6 Å². The quantitative estimate of drug-likeness (QED) is 0.773. The number of rotatable bonds is 3. The van der Waals surface area contributed by atoms with Crippen molar-refractivity contribution >= 4 is 17.4 Å². The Balaban J connectivity index is 1.37. The maximum atomic E-state index is 12.5. The fraction of sp³-hybridized carbons (Fsp3) is 0.636. The fourth-order valence-corrected chi connectivity index (χ4v) is 5.21. The molecule has 0 radical (unpaired) electrons. The van der Waals surface area contributed by atoms with E-state index in [1.807, 2.05) is 18.2 Å². The van der Waals surface area contributed by atoms with Crippen LogP contribution in [0, 0.1) is 11.8 Å². The molecule has 1 saturated carbocycles. The van der Waals surface area contributed by atoms with Crippen LogP contribution in [0.5, 0.6) is 0 Å². The van der Waals surface area contributed by atoms with Gasteiger partial charge in [-0.25, -0.2) is 0 Å². The Morgan fingerprint density at radius 1 is 0.885 bits per heavy atom. The van der Waals surface area contributed by atoms with E-state index in [1.165, 1.54) is 25.7 Å². The first-order chi connectivity index (χ1) is 12.6. The minimum Gasteiger partial charge on any atom is -0.302 e. The number of likely N-dealkylation sites (tertiary alicyclic amines) is 1. The van der Waals surface area contributed by atoms with Crippen molar-refractivity contribution in [1.29, 1.82) is 0 Å². The number of benzene rings is 1. The Labute approximate surface area is 156 Å². The Bertz CT molecular complexity index is 683. The van der Waals surface area contributed by atoms with Crippen LogP contribution in [0.3, 0.4) is 0 Å². The maximum Gasteiger partial charge on any atom is 0.299 e. The average Bonchev–Trinajstić information content (AvgIpc) is 2.93. The van der Waals surface area contributed by atoms with Crippen molar-refractivity contribution in [2.24, 2.45) is 11.8 Å². The van der Waals surface area contributed by atoms with Crippen LogP contribution in [0.25, 0.3) is 0 Å². The largest absolute Gasteiger partial charge is 0.302 e. The predicted octanol–water partition coefficient (Wildman–Crippen LogP) is 3.90. The zero-order chi connectivity index (χ0) is 18.3. The summed E-state index contributed by atoms with van der Waals surface area (Å²) in [5.74, 6) is 1.03. The van der Waals surface area contributed by atoms with Gasteiger partial charge < -0.3 is 9.80 Å². The van der Waals surface area contributed by atoms with Gasteiger partial charge in [-0.1, -0.05) is 26.0 Å². The molecule has 1 aromatic carbocycles. The molecule has 26 heavy (non-hydrogen) atoms. The van der Waals surface area contributed by atoms with Crippen molar-refractivity contribution < 1.29 is 9.59 Å². The summed E-state index contributed by atoms with van der Waals surface area (Å²) in [6, 6.07) is 8.33. The number of amides is 1. The number of hydrogen-bond acceptors (Lipinski definition) is 3. The van der Waals surface area contributed by atoms with Gasteiger partial charge in [0.15, 0.2) is 0 Å². The van der Waals surface area contributed by atoms with E-state index < -0.39 is 0 Å². The highest BCUT2D eigenvalue weighted by Crippen LogP contribution is 2.36. The Kier molecular flexibility index (Phi) is 4.87. The van der Waals surface area contributed by atoms with Gasteiger partial charge in [-0.15, -0.1) is 0 Å². The molecule has 2 fully saturated rings. The van der Waals surface area contributed by atoms with Crippen molar-refractivity contribution in [3.8, 4) is 0 Å². The highest BCUT2D eigenvalue weighted by molar-refractivity contribution is 6.52. The van der Waals surface area contributed by atoms with E-state index in [1.54, 1.807) is 11.0 Å². The third-order valence-electron chi connectivity index (χ3n) is 6.89. The minimum absolute atomic E-state index is 0.165. The van der Waals surface area contributed by atoms with Crippen LogP contribution in [-0.4, -0.2) is 41.8 Å². The third kappa shape index (κ3) is 3.09. The summed E-state index contributed by atoms with van der Waals surface area (Å²) in [4.78, 5) is 29.2. The molecule has 2 heterocycles. The average molecular weight is 354 g/mol. The number of carbonyl (C=O) groups is 2. The molecule has 1 aromatic rings. The van der Waals surface area contributed by atoms with Gasteiger partial charge >= 0.3 is 0 Å². The third-order valence-corrected chi connectivity index (χ3v) is 6.89. The molecule has 0 bridgehead atoms. The molecular formula is C22H30N2O2. The first kappa shape index (κ1) is 17.7. The number of Topliss-reactive ketones (excluding diaryl/α,β-unsaturated/α-hetero) is 1. The predicted molar refractivity (Wildman–Crippen MR) is 103 cm³/mol. The zero-order valence-electron chi connectivity index (χ0n) is 16.0. The Hall–Kier alpha value is -1.68. The molecule has 0 unspecified atom stereocenters. The first-order valence-electron chi connectivity index (χ1n) is 10.3. The van der Waals surface area contributed by atoms with Crippen LogP contribution in [-0.2, 0) is 4.79 Å². The highest BCUT2D eigenvalue weighted by Gasteiger charge is 2.41. The molecule has 0 spiro atoms. The van der Waals surface area contributed by atoms with Crippen molar-refractivity contribution in [1.82, 2.24) is 4.90 Å². The van der Waals surface area contributed by atoms with Gasteiger partial charge in [-0.3, -0.25) is 9.59 Å². The lowest BCUT2D eigenvalue weighted by Gasteiger charge is -2.43. The number of piperidine rings is 1. The summed E-state index contributed by atoms with van der Waals surface area (Å²) in [6.07, 6.45) is 7.29. The van der Waals surface area contributed by atoms with Crippen LogP contribution >= 0.6 is 0 Å². The minimum atomic E-state index is -0.338. The van der Waals surface area contributed by atoms with Crippen molar-refractivity contribution in [3.63, 3.8) is 0 Å². The fourth-order valence-electron chi connectivity index (χ4n) is 5.21. The summed E-state index contributed by atoms with van der Waals surface area (Å²) < 4.78 is 0. The number of ketones is 1. The molecule has 140 valence electrons. The van der Waals surface area contributed by atoms with Gasteiger partial charge in [0.05, 0.1) is 11.3 Å². The van der Waals surface area contributed by atoms with E-state index in [9.17, 15) is 9.59 Å². The molecule has 1 aliphatic carbocycles. The van der Waals surface area contributed by atoms with E-state index >= 15 is 0 Å². The van der Waals surface area contributed by atoms with Crippen molar-refractivity contribution in [3.05, 3.63) is 29.8 Å². The lowest BCUT2D eigenvalue weighted by atomic mass is 9.79. The number of para-hydroxylation sites is 1. The lowest BCUT2D eigenvalue weighted by molar-refractivity contribution is -0.115. The van der Waals surface area contributed by atoms with Crippen LogP contribution < -0.4 is 4.90 Å². The maximum absolute atomic E-state index is 12.5. The highest BCUT2D eigenvalue weighted by atomic mass is 16.2. The van der Waals surface area contributed by atoms with Crippen LogP contribution in [0.15, 0.2) is 24.3 Å². The summed E-state index contributed by atoms with van der Waals surface area (Å²) in [5.41, 5.74) is 1.39. The molecule has 3 aliphatic rings. The van der Waals surface area contributed by atoms with Crippen LogP contribution in [0.1, 0.15) is 62.7 Å². The van der Waals surface area contributed by atoms with Crippen LogP contribution in [0.4, 0.5) is 5.69 Å². The van der Waals surface area contributed by atoms with Gasteiger partial charge in [0.25, 0.3) is 11.7 Å². The summed E-state index contributed by atoms with van der Waals surface area (Å²) in [6.45, 7) is 6.79. The number of carbonyl (C=O) groups excluding carboxylic acids is 2. The summed E-state index contributed by atoms with van der Waals surface area (Å²) >= 11 is 0. The molecule has 4 heteroatoms. The number of fused-ring (bicyclic) bond motifs is 1. The molecule has 0 N–H and O–H groups in total. The molecule has 4 nitrogen and oxygen atoms in total. The standard InChI is InChI=1S/C22H30N2O2/c1-15(2)16-7-9-17(10-8-16)23-13-11-18(12-14-23)24-20-6-4-3-5-19(20)21(25)22(24)26/h3-6,15-18H,7-14H2,1-2H3/t16-,17-. The van der Waals surface area contributed by atoms with Gasteiger partial charge in [0, 0.05) is 25.2 Å². The second-order valence-electron chi connectivity index (χ2n) is 8.60. The SMILES string of the molecule is CC(C)[C@H]1CC[C@H](N2CCC(N3C(=O)C(=O)c4ccccc43)CC2)CC1. The van der Waals surface area contributed by atoms with Crippen molar-refractivity contribution in [2.45, 2.75) is 64.5 Å². The molecule has 0 atom stereocenters. The molecule has 4 rings (SSSR count). The monoisotopic (exact) mass is 354 g/mol. The van der Waals surface area contributed by atoms with Gasteiger partial charge in [0.2, 0.25) is 0 Å². The smallest absolute Gasteiger partial charge is 0.299 e. The molecule has 2 aliphatic heterocycles. The van der Waals surface area contributed by atoms with E-state index in [0.717, 1.165) is 43.5 Å². The van der Waals surface area contributed by atoms with Crippen molar-refractivity contribution in [2.75, 3.05) is 18.0 Å². The Morgan fingerprint density at radius 3 is 2.19 bits per heavy atom. The normalized spacial score (nSPS) is 28.0. The number of anilines is 1. The Morgan fingerprint density at radius 2 is 1.54 bits per heavy atom. The van der Waals surface area contributed by atoms with E-state index in [4.69, 9.17) is 0 Å². The molecule has 0 aromatic heterocycles. The second kappa shape index (κ2) is 7.15. The van der Waals surface area contributed by atoms with E-state index in [2.05, 4.69) is 18.7 Å². The topological polar surface area (TPSA) is 40.6 Å². The van der Waals surface area contributed by atoms with Crippen LogP contribution in [0.2, 0.25) is 0 Å². The van der Waals surface area contributed by atoms with Gasteiger partial charge in [-0.2, -0.15) is 0 Å². The van der Waals surface area contributed by atoms with E-state index in [-0.39, 0.29) is 17.7 Å². The first-order valence-corrected chi connectivity index (χ1v) is 10.3. The molecule has 1 saturated heterocycles. The molecule has 1 amide bonds. The second-order valence-corrected chi connectivity index (χ2v) is 8.60. The molecular weight excluding hydrogens is 324 g/mol. The van der Waals surface area contributed by atoms with Gasteiger partial charge in [0.1, 0.15) is 0 Å². The summed E-state index contributed by atoms with van der Waals surface area (Å²) in [5, 5.41) is 0. The number of hydrogen-bond donors (Lipinski definition) is 0. The number of nitrogens with zero attached hydrogens (tertiary/aromatic N) is 2.